The predicted molar refractivity (Wildman–Crippen MR) is 171 cm³/mol. The lowest BCUT2D eigenvalue weighted by atomic mass is 9.73. The Hall–Kier alpha value is -4.79. The number of amides is 2. The molecule has 0 N–H and O–H groups in total. The summed E-state index contributed by atoms with van der Waals surface area (Å²) in [6, 6.07) is 26.3. The van der Waals surface area contributed by atoms with Crippen molar-refractivity contribution in [3.8, 4) is 5.75 Å². The zero-order valence-electron chi connectivity index (χ0n) is 24.4. The second-order valence-corrected chi connectivity index (χ2v) is 12.1. The van der Waals surface area contributed by atoms with Crippen LogP contribution in [-0.4, -0.2) is 36.1 Å². The monoisotopic (exact) mass is 655 g/mol. The first kappa shape index (κ1) is 31.2. The van der Waals surface area contributed by atoms with Gasteiger partial charge < -0.3 is 9.47 Å². The van der Waals surface area contributed by atoms with Gasteiger partial charge in [-0.25, -0.2) is 9.59 Å². The molecule has 2 fully saturated rings. The maximum atomic E-state index is 13.5. The van der Waals surface area contributed by atoms with E-state index in [9.17, 15) is 24.0 Å². The summed E-state index contributed by atoms with van der Waals surface area (Å²) < 4.78 is 10.6. The van der Waals surface area contributed by atoms with Crippen LogP contribution in [0.2, 0.25) is 10.0 Å². The molecule has 2 aliphatic rings. The van der Waals surface area contributed by atoms with Crippen molar-refractivity contribution in [2.24, 2.45) is 11.8 Å². The second kappa shape index (κ2) is 13.3. The van der Waals surface area contributed by atoms with Crippen molar-refractivity contribution in [2.75, 3.05) is 11.5 Å². The molecular weight excluding hydrogens is 629 g/mol. The number of rotatable bonds is 8. The van der Waals surface area contributed by atoms with Gasteiger partial charge in [-0.05, 0) is 91.4 Å². The lowest BCUT2D eigenvalue weighted by Gasteiger charge is -2.28. The lowest BCUT2D eigenvalue weighted by molar-refractivity contribution is -0.122. The zero-order chi connectivity index (χ0) is 32.4. The fourth-order valence-electron chi connectivity index (χ4n) is 6.06. The van der Waals surface area contributed by atoms with Gasteiger partial charge >= 0.3 is 11.9 Å². The molecule has 6 rings (SSSR count). The highest BCUT2D eigenvalue weighted by Gasteiger charge is 2.50. The smallest absolute Gasteiger partial charge is 0.345 e. The third-order valence-corrected chi connectivity index (χ3v) is 8.96. The number of imide groups is 1. The number of halogens is 2. The molecule has 8 nitrogen and oxygen atoms in total. The molecule has 2 amide bonds. The van der Waals surface area contributed by atoms with E-state index in [1.807, 2.05) is 18.2 Å². The third kappa shape index (κ3) is 6.45. The number of benzene rings is 4. The standard InChI is InChI=1S/C36H27Cl2NO7/c37-25-12-16-29(31(38)19-25)36(44)46-27-13-9-22(10-14-27)32(40)20-45-35(43)24-7-4-8-26(17-24)39-33(41)28-15-11-23(18-30(28)34(39)42)21-5-2-1-3-6-21/h1-10,12-14,16-17,19,23,28,30H,11,15,18,20H2/t23-,28+,30+/m1/s1. The molecule has 1 heterocycles. The van der Waals surface area contributed by atoms with Crippen LogP contribution in [0.25, 0.3) is 0 Å². The number of ether oxygens (including phenoxy) is 2. The van der Waals surface area contributed by atoms with E-state index >= 15 is 0 Å². The molecule has 3 atom stereocenters. The van der Waals surface area contributed by atoms with E-state index in [0.717, 1.165) is 12.0 Å². The summed E-state index contributed by atoms with van der Waals surface area (Å²) in [5.74, 6) is -2.87. The van der Waals surface area contributed by atoms with Crippen molar-refractivity contribution in [2.45, 2.75) is 25.2 Å². The Morgan fingerprint density at radius 1 is 0.739 bits per heavy atom. The molecule has 0 radical (unpaired) electrons. The minimum absolute atomic E-state index is 0.103. The van der Waals surface area contributed by atoms with E-state index in [1.165, 1.54) is 59.5 Å². The maximum absolute atomic E-state index is 13.5. The molecule has 1 saturated carbocycles. The highest BCUT2D eigenvalue weighted by Crippen LogP contribution is 2.45. The van der Waals surface area contributed by atoms with Gasteiger partial charge in [-0.1, -0.05) is 59.6 Å². The average molecular weight is 657 g/mol. The molecule has 1 aliphatic heterocycles. The highest BCUT2D eigenvalue weighted by atomic mass is 35.5. The molecule has 0 unspecified atom stereocenters. The van der Waals surface area contributed by atoms with Gasteiger partial charge in [0.25, 0.3) is 0 Å². The van der Waals surface area contributed by atoms with E-state index < -0.39 is 30.2 Å². The molecule has 1 saturated heterocycles. The van der Waals surface area contributed by atoms with Gasteiger partial charge in [-0.2, -0.15) is 0 Å². The number of nitrogens with zero attached hydrogens (tertiary/aromatic N) is 1. The van der Waals surface area contributed by atoms with Crippen LogP contribution in [-0.2, 0) is 14.3 Å². The summed E-state index contributed by atoms with van der Waals surface area (Å²) in [5, 5.41) is 0.523. The predicted octanol–water partition coefficient (Wildman–Crippen LogP) is 7.33. The van der Waals surface area contributed by atoms with Crippen LogP contribution in [0.4, 0.5) is 5.69 Å². The number of carbonyl (C=O) groups is 5. The molecule has 4 aromatic rings. The number of ketones is 1. The Balaban J connectivity index is 1.06. The Kier molecular flexibility index (Phi) is 9.01. The molecule has 0 aromatic heterocycles. The van der Waals surface area contributed by atoms with Gasteiger partial charge in [0.2, 0.25) is 11.8 Å². The average Bonchev–Trinajstić information content (AvgIpc) is 3.32. The number of carbonyl (C=O) groups excluding carboxylic acids is 5. The molecule has 0 spiro atoms. The summed E-state index contributed by atoms with van der Waals surface area (Å²) in [7, 11) is 0. The zero-order valence-corrected chi connectivity index (χ0v) is 25.9. The molecule has 46 heavy (non-hydrogen) atoms. The van der Waals surface area contributed by atoms with Crippen LogP contribution in [0, 0.1) is 11.8 Å². The van der Waals surface area contributed by atoms with Gasteiger partial charge in [0.05, 0.1) is 33.7 Å². The number of esters is 2. The summed E-state index contributed by atoms with van der Waals surface area (Å²) >= 11 is 11.9. The quantitative estimate of drug-likeness (QED) is 0.0847. The van der Waals surface area contributed by atoms with Gasteiger partial charge in [-0.3, -0.25) is 19.3 Å². The normalized spacial score (nSPS) is 19.0. The van der Waals surface area contributed by atoms with Crippen molar-refractivity contribution in [3.05, 3.63) is 129 Å². The first-order valence-electron chi connectivity index (χ1n) is 14.7. The van der Waals surface area contributed by atoms with Crippen LogP contribution in [0.15, 0.2) is 97.1 Å². The number of hydrogen-bond donors (Lipinski definition) is 0. The van der Waals surface area contributed by atoms with E-state index in [2.05, 4.69) is 12.1 Å². The number of hydrogen-bond acceptors (Lipinski definition) is 7. The van der Waals surface area contributed by atoms with Crippen LogP contribution < -0.4 is 9.64 Å². The van der Waals surface area contributed by atoms with Crippen molar-refractivity contribution in [1.82, 2.24) is 0 Å². The van der Waals surface area contributed by atoms with E-state index in [0.29, 0.717) is 23.6 Å². The second-order valence-electron chi connectivity index (χ2n) is 11.2. The minimum Gasteiger partial charge on any atom is -0.454 e. The van der Waals surface area contributed by atoms with Gasteiger partial charge in [0, 0.05) is 10.6 Å². The fraction of sp³-hybridized carbons (Fsp3) is 0.194. The van der Waals surface area contributed by atoms with Crippen LogP contribution in [0.1, 0.15) is 61.8 Å². The van der Waals surface area contributed by atoms with Crippen molar-refractivity contribution >= 4 is 58.4 Å². The van der Waals surface area contributed by atoms with E-state index in [-0.39, 0.29) is 51.1 Å². The third-order valence-electron chi connectivity index (χ3n) is 8.41. The van der Waals surface area contributed by atoms with E-state index in [4.69, 9.17) is 32.7 Å². The number of fused-ring (bicyclic) bond motifs is 1. The Morgan fingerprint density at radius 2 is 1.48 bits per heavy atom. The number of anilines is 1. The van der Waals surface area contributed by atoms with Gasteiger partial charge in [0.1, 0.15) is 5.75 Å². The maximum Gasteiger partial charge on any atom is 0.345 e. The van der Waals surface area contributed by atoms with Crippen molar-refractivity contribution < 1.29 is 33.4 Å². The van der Waals surface area contributed by atoms with Crippen LogP contribution in [0.5, 0.6) is 5.75 Å². The largest absolute Gasteiger partial charge is 0.454 e. The first-order valence-corrected chi connectivity index (χ1v) is 15.5. The SMILES string of the molecule is O=C(COC(=O)c1cccc(N2C(=O)[C@H]3CC[C@@H](c4ccccc4)C[C@@H]3C2=O)c1)c1ccc(OC(=O)c2ccc(Cl)cc2Cl)cc1. The topological polar surface area (TPSA) is 107 Å². The summed E-state index contributed by atoms with van der Waals surface area (Å²) in [5.41, 5.74) is 1.93. The van der Waals surface area contributed by atoms with Gasteiger partial charge in [0.15, 0.2) is 12.4 Å². The van der Waals surface area contributed by atoms with Crippen LogP contribution >= 0.6 is 23.2 Å². The summed E-state index contributed by atoms with van der Waals surface area (Å²) in [6.45, 7) is -0.546. The lowest BCUT2D eigenvalue weighted by Crippen LogP contribution is -2.31. The molecule has 232 valence electrons. The Bertz CT molecular complexity index is 1840. The Labute approximate surface area is 274 Å². The molecule has 0 bridgehead atoms. The number of Topliss-reactive ketones (excluding diaryl/α,β-unsaturated/α-hetero) is 1. The molecule has 10 heteroatoms. The van der Waals surface area contributed by atoms with Crippen LogP contribution in [0.3, 0.4) is 0 Å². The van der Waals surface area contributed by atoms with E-state index in [1.54, 1.807) is 12.1 Å². The summed E-state index contributed by atoms with van der Waals surface area (Å²) in [4.78, 5) is 66.0. The summed E-state index contributed by atoms with van der Waals surface area (Å²) in [6.07, 6.45) is 2.04. The highest BCUT2D eigenvalue weighted by molar-refractivity contribution is 6.36. The minimum atomic E-state index is -0.777. The van der Waals surface area contributed by atoms with Crippen molar-refractivity contribution in [1.29, 1.82) is 0 Å². The first-order chi connectivity index (χ1) is 22.2. The Morgan fingerprint density at radius 3 is 2.22 bits per heavy atom. The molecule has 1 aliphatic carbocycles. The fourth-order valence-corrected chi connectivity index (χ4v) is 6.54. The van der Waals surface area contributed by atoms with Crippen molar-refractivity contribution in [3.63, 3.8) is 0 Å². The van der Waals surface area contributed by atoms with Gasteiger partial charge in [-0.15, -0.1) is 0 Å². The molecule has 4 aromatic carbocycles. The molecular formula is C36H27Cl2NO7.